The van der Waals surface area contributed by atoms with Gasteiger partial charge in [0.25, 0.3) is 0 Å². The normalized spacial score (nSPS) is 19.0. The van der Waals surface area contributed by atoms with Crippen LogP contribution in [0.3, 0.4) is 0 Å². The Morgan fingerprint density at radius 1 is 0.939 bits per heavy atom. The summed E-state index contributed by atoms with van der Waals surface area (Å²) in [7, 11) is 0. The van der Waals surface area contributed by atoms with E-state index in [0.29, 0.717) is 6.54 Å². The maximum Gasteiger partial charge on any atom is 0.236 e. The van der Waals surface area contributed by atoms with E-state index in [1.165, 1.54) is 5.56 Å². The fourth-order valence-electron chi connectivity index (χ4n) is 5.18. The summed E-state index contributed by atoms with van der Waals surface area (Å²) in [4.78, 5) is 31.2. The van der Waals surface area contributed by atoms with Crippen LogP contribution >= 0.6 is 0 Å². The molecule has 3 aromatic rings. The lowest BCUT2D eigenvalue weighted by atomic mass is 10.1. The molecule has 3 aliphatic heterocycles. The van der Waals surface area contributed by atoms with Crippen molar-refractivity contribution in [1.82, 2.24) is 30.0 Å². The number of amides is 1. The van der Waals surface area contributed by atoms with Crippen molar-refractivity contribution in [3.63, 3.8) is 0 Å². The molecule has 1 N–H and O–H groups in total. The van der Waals surface area contributed by atoms with E-state index in [4.69, 9.17) is 9.97 Å². The largest absolute Gasteiger partial charge is 0.351 e. The highest BCUT2D eigenvalue weighted by atomic mass is 16.2. The lowest BCUT2D eigenvalue weighted by Gasteiger charge is -2.35. The second-order valence-electron chi connectivity index (χ2n) is 9.26. The summed E-state index contributed by atoms with van der Waals surface area (Å²) in [5.74, 6) is 1.98. The highest BCUT2D eigenvalue weighted by Gasteiger charge is 2.28. The molecule has 0 unspecified atom stereocenters. The number of carbonyl (C=O) groups is 1. The zero-order valence-corrected chi connectivity index (χ0v) is 18.9. The summed E-state index contributed by atoms with van der Waals surface area (Å²) in [6.45, 7) is 7.40. The van der Waals surface area contributed by atoms with E-state index in [0.717, 1.165) is 100 Å². The van der Waals surface area contributed by atoms with Gasteiger partial charge in [0.05, 0.1) is 17.6 Å². The first-order valence-electron chi connectivity index (χ1n) is 12.0. The van der Waals surface area contributed by atoms with Crippen LogP contribution in [-0.2, 0) is 17.8 Å². The van der Waals surface area contributed by atoms with Crippen molar-refractivity contribution in [1.29, 1.82) is 0 Å². The van der Waals surface area contributed by atoms with Crippen LogP contribution in [0.25, 0.3) is 11.0 Å². The van der Waals surface area contributed by atoms with Gasteiger partial charge < -0.3 is 14.7 Å². The Morgan fingerprint density at radius 3 is 2.52 bits per heavy atom. The number of aromatic nitrogens is 4. The van der Waals surface area contributed by atoms with E-state index in [1.54, 1.807) is 0 Å². The van der Waals surface area contributed by atoms with Gasteiger partial charge in [-0.2, -0.15) is 15.1 Å². The van der Waals surface area contributed by atoms with Gasteiger partial charge in [0, 0.05) is 58.8 Å². The van der Waals surface area contributed by atoms with Crippen molar-refractivity contribution in [2.75, 3.05) is 62.2 Å². The predicted molar refractivity (Wildman–Crippen MR) is 127 cm³/mol. The Balaban J connectivity index is 1.19. The third-order valence-corrected chi connectivity index (χ3v) is 7.08. The average molecular weight is 447 g/mol. The fourth-order valence-corrected chi connectivity index (χ4v) is 5.18. The molecule has 6 rings (SSSR count). The minimum absolute atomic E-state index is 0.267. The van der Waals surface area contributed by atoms with Gasteiger partial charge in [-0.3, -0.25) is 14.8 Å². The monoisotopic (exact) mass is 446 g/mol. The van der Waals surface area contributed by atoms with E-state index in [-0.39, 0.29) is 5.91 Å². The summed E-state index contributed by atoms with van der Waals surface area (Å²) in [6, 6.07) is 10.5. The molecule has 5 heterocycles. The first-order valence-corrected chi connectivity index (χ1v) is 12.0. The second-order valence-corrected chi connectivity index (χ2v) is 9.26. The molecule has 0 radical (unpaired) electrons. The molecule has 0 aliphatic carbocycles. The third-order valence-electron chi connectivity index (χ3n) is 7.08. The van der Waals surface area contributed by atoms with E-state index in [9.17, 15) is 4.79 Å². The van der Waals surface area contributed by atoms with Gasteiger partial charge in [0.1, 0.15) is 5.82 Å². The molecule has 0 saturated carbocycles. The van der Waals surface area contributed by atoms with Gasteiger partial charge in [-0.1, -0.05) is 30.3 Å². The van der Waals surface area contributed by atoms with Crippen molar-refractivity contribution in [3.05, 3.63) is 41.6 Å². The van der Waals surface area contributed by atoms with Gasteiger partial charge in [-0.05, 0) is 18.4 Å². The zero-order chi connectivity index (χ0) is 22.2. The molecule has 2 fully saturated rings. The molecule has 172 valence electrons. The van der Waals surface area contributed by atoms with Crippen LogP contribution in [-0.4, -0.2) is 88.2 Å². The number of benzene rings is 1. The number of H-pyrrole nitrogens is 1. The molecule has 0 spiro atoms. The summed E-state index contributed by atoms with van der Waals surface area (Å²) in [5, 5.41) is 8.72. The molecule has 3 aliphatic rings. The number of likely N-dealkylation sites (tertiary alicyclic amines) is 1. The Morgan fingerprint density at radius 2 is 1.73 bits per heavy atom. The SMILES string of the molecule is O=C(CN1CCN(c2nc3c4c([nH]nc4n2)CCN3Cc2ccccc2)CC1)N1CCCC1. The molecule has 1 aromatic carbocycles. The first-order chi connectivity index (χ1) is 16.2. The Kier molecular flexibility index (Phi) is 5.33. The molecule has 1 amide bonds. The Hall–Kier alpha value is -3.20. The standard InChI is InChI=1S/C24H30N8O/c33-20(30-9-4-5-10-30)17-29-12-14-31(15-13-29)24-25-22-21-19(27-28-22)8-11-32(23(21)26-24)16-18-6-2-1-3-7-18/h1-3,6-7H,4-5,8-17H2,(H,25,26,27,28). The lowest BCUT2D eigenvalue weighted by Crippen LogP contribution is -2.50. The molecule has 0 atom stereocenters. The van der Waals surface area contributed by atoms with Gasteiger partial charge in [0.15, 0.2) is 5.65 Å². The van der Waals surface area contributed by atoms with Gasteiger partial charge in [-0.15, -0.1) is 0 Å². The lowest BCUT2D eigenvalue weighted by molar-refractivity contribution is -0.131. The molecule has 9 heteroatoms. The molecule has 2 saturated heterocycles. The topological polar surface area (TPSA) is 84.5 Å². The number of aromatic amines is 1. The number of hydrogen-bond acceptors (Lipinski definition) is 7. The maximum atomic E-state index is 12.5. The van der Waals surface area contributed by atoms with Crippen LogP contribution in [0.1, 0.15) is 24.1 Å². The van der Waals surface area contributed by atoms with Crippen LogP contribution in [0, 0.1) is 0 Å². The predicted octanol–water partition coefficient (Wildman–Crippen LogP) is 1.66. The number of nitrogens with one attached hydrogen (secondary N) is 1. The average Bonchev–Trinajstić information content (AvgIpc) is 3.53. The number of carbonyl (C=O) groups excluding carboxylic acids is 1. The smallest absolute Gasteiger partial charge is 0.236 e. The van der Waals surface area contributed by atoms with Crippen molar-refractivity contribution in [2.24, 2.45) is 0 Å². The van der Waals surface area contributed by atoms with Crippen LogP contribution < -0.4 is 9.80 Å². The quantitative estimate of drug-likeness (QED) is 0.638. The van der Waals surface area contributed by atoms with E-state index in [2.05, 4.69) is 49.2 Å². The van der Waals surface area contributed by atoms with E-state index >= 15 is 0 Å². The van der Waals surface area contributed by atoms with Crippen LogP contribution in [0.4, 0.5) is 11.8 Å². The van der Waals surface area contributed by atoms with Crippen LogP contribution in [0.15, 0.2) is 30.3 Å². The maximum absolute atomic E-state index is 12.5. The van der Waals surface area contributed by atoms with Crippen molar-refractivity contribution >= 4 is 28.7 Å². The summed E-state index contributed by atoms with van der Waals surface area (Å²) >= 11 is 0. The van der Waals surface area contributed by atoms with Gasteiger partial charge >= 0.3 is 0 Å². The highest BCUT2D eigenvalue weighted by molar-refractivity contribution is 5.91. The summed E-state index contributed by atoms with van der Waals surface area (Å²) in [6.07, 6.45) is 3.19. The van der Waals surface area contributed by atoms with Crippen LogP contribution in [0.2, 0.25) is 0 Å². The zero-order valence-electron chi connectivity index (χ0n) is 18.9. The number of anilines is 2. The van der Waals surface area contributed by atoms with Crippen molar-refractivity contribution < 1.29 is 4.79 Å². The number of rotatable bonds is 5. The summed E-state index contributed by atoms with van der Waals surface area (Å²) in [5.41, 5.74) is 3.14. The molecular formula is C24H30N8O. The van der Waals surface area contributed by atoms with Crippen molar-refractivity contribution in [3.8, 4) is 0 Å². The fraction of sp³-hybridized carbons (Fsp3) is 0.500. The molecule has 33 heavy (non-hydrogen) atoms. The minimum atomic E-state index is 0.267. The van der Waals surface area contributed by atoms with Crippen molar-refractivity contribution in [2.45, 2.75) is 25.8 Å². The third kappa shape index (κ3) is 4.01. The van der Waals surface area contributed by atoms with Crippen LogP contribution in [0.5, 0.6) is 0 Å². The summed E-state index contributed by atoms with van der Waals surface area (Å²) < 4.78 is 0. The number of nitrogens with zero attached hydrogens (tertiary/aromatic N) is 7. The number of piperazine rings is 1. The van der Waals surface area contributed by atoms with E-state index in [1.807, 2.05) is 11.0 Å². The Bertz CT molecular complexity index is 1130. The number of hydrogen-bond donors (Lipinski definition) is 1. The minimum Gasteiger partial charge on any atom is -0.351 e. The first kappa shape index (κ1) is 20.4. The molecule has 0 bridgehead atoms. The van der Waals surface area contributed by atoms with E-state index < -0.39 is 0 Å². The highest BCUT2D eigenvalue weighted by Crippen LogP contribution is 2.33. The molecular weight excluding hydrogens is 416 g/mol. The molecule has 2 aromatic heterocycles. The molecule has 9 nitrogen and oxygen atoms in total. The van der Waals surface area contributed by atoms with Gasteiger partial charge in [0.2, 0.25) is 11.9 Å². The van der Waals surface area contributed by atoms with Gasteiger partial charge in [-0.25, -0.2) is 0 Å². The second kappa shape index (κ2) is 8.62. The Labute approximate surface area is 193 Å².